The molecule has 0 spiro atoms. The van der Waals surface area contributed by atoms with Gasteiger partial charge in [0, 0.05) is 12.0 Å². The standard InChI is InChI=1S/C19H14FNO3/c1-11-7-14-8-12(5-6-17(14)23-11)9-16-19(22)24-18(21-16)13-3-2-4-15(20)10-13/h2-6,8-11H,7H2,1H3. The third kappa shape index (κ3) is 2.69. The van der Waals surface area contributed by atoms with Gasteiger partial charge in [0.05, 0.1) is 0 Å². The molecule has 0 saturated heterocycles. The Morgan fingerprint density at radius 1 is 1.25 bits per heavy atom. The van der Waals surface area contributed by atoms with Crippen molar-refractivity contribution in [1.29, 1.82) is 0 Å². The van der Waals surface area contributed by atoms with E-state index in [-0.39, 0.29) is 17.7 Å². The molecule has 2 heterocycles. The number of carbonyl (C=O) groups excluding carboxylic acids is 1. The van der Waals surface area contributed by atoms with Gasteiger partial charge in [0.1, 0.15) is 17.7 Å². The minimum atomic E-state index is -0.542. The highest BCUT2D eigenvalue weighted by Gasteiger charge is 2.25. The molecule has 4 nitrogen and oxygen atoms in total. The van der Waals surface area contributed by atoms with Crippen LogP contribution in [-0.4, -0.2) is 18.0 Å². The van der Waals surface area contributed by atoms with Crippen LogP contribution in [0, 0.1) is 5.82 Å². The fraction of sp³-hybridized carbons (Fsp3) is 0.158. The van der Waals surface area contributed by atoms with E-state index in [1.54, 1.807) is 18.2 Å². The van der Waals surface area contributed by atoms with Crippen LogP contribution in [-0.2, 0) is 16.0 Å². The van der Waals surface area contributed by atoms with Crippen molar-refractivity contribution < 1.29 is 18.7 Å². The van der Waals surface area contributed by atoms with E-state index in [9.17, 15) is 9.18 Å². The zero-order chi connectivity index (χ0) is 16.7. The van der Waals surface area contributed by atoms with Gasteiger partial charge in [0.2, 0.25) is 5.90 Å². The number of rotatable bonds is 2. The topological polar surface area (TPSA) is 47.9 Å². The zero-order valence-electron chi connectivity index (χ0n) is 13.0. The number of fused-ring (bicyclic) bond motifs is 1. The van der Waals surface area contributed by atoms with Gasteiger partial charge in [-0.1, -0.05) is 12.1 Å². The fourth-order valence-corrected chi connectivity index (χ4v) is 2.84. The summed E-state index contributed by atoms with van der Waals surface area (Å²) >= 11 is 0. The Morgan fingerprint density at radius 2 is 2.12 bits per heavy atom. The quantitative estimate of drug-likeness (QED) is 0.628. The maximum atomic E-state index is 13.3. The van der Waals surface area contributed by atoms with Crippen molar-refractivity contribution in [3.8, 4) is 5.75 Å². The number of esters is 1. The van der Waals surface area contributed by atoms with Crippen molar-refractivity contribution in [3.05, 3.63) is 70.7 Å². The predicted octanol–water partition coefficient (Wildman–Crippen LogP) is 3.49. The molecule has 2 aliphatic rings. The molecular formula is C19H14FNO3. The van der Waals surface area contributed by atoms with Crippen LogP contribution in [0.25, 0.3) is 6.08 Å². The Kier molecular flexibility index (Phi) is 3.41. The Hall–Kier alpha value is -2.95. The predicted molar refractivity (Wildman–Crippen MR) is 87.2 cm³/mol. The highest BCUT2D eigenvalue weighted by atomic mass is 19.1. The van der Waals surface area contributed by atoms with Gasteiger partial charge in [-0.3, -0.25) is 0 Å². The summed E-state index contributed by atoms with van der Waals surface area (Å²) in [5.41, 5.74) is 2.59. The first-order chi connectivity index (χ1) is 11.6. The molecule has 0 amide bonds. The molecule has 0 N–H and O–H groups in total. The van der Waals surface area contributed by atoms with Crippen molar-refractivity contribution in [2.75, 3.05) is 0 Å². The van der Waals surface area contributed by atoms with Crippen LogP contribution in [0.4, 0.5) is 4.39 Å². The van der Waals surface area contributed by atoms with Crippen LogP contribution >= 0.6 is 0 Å². The molecule has 0 radical (unpaired) electrons. The smallest absolute Gasteiger partial charge is 0.363 e. The minimum absolute atomic E-state index is 0.115. The molecule has 120 valence electrons. The van der Waals surface area contributed by atoms with E-state index >= 15 is 0 Å². The number of nitrogens with zero attached hydrogens (tertiary/aromatic N) is 1. The lowest BCUT2D eigenvalue weighted by Crippen LogP contribution is -2.05. The van der Waals surface area contributed by atoms with Gasteiger partial charge >= 0.3 is 5.97 Å². The number of benzene rings is 2. The van der Waals surface area contributed by atoms with Crippen LogP contribution in [0.15, 0.2) is 53.2 Å². The SMILES string of the molecule is CC1Cc2cc(C=C3N=C(c4cccc(F)c4)OC3=O)ccc2O1. The van der Waals surface area contributed by atoms with E-state index in [0.29, 0.717) is 5.56 Å². The molecule has 0 aromatic heterocycles. The van der Waals surface area contributed by atoms with Crippen molar-refractivity contribution in [2.24, 2.45) is 4.99 Å². The number of aliphatic imine (C=N–C) groups is 1. The van der Waals surface area contributed by atoms with E-state index in [0.717, 1.165) is 23.3 Å². The van der Waals surface area contributed by atoms with E-state index in [1.807, 2.05) is 25.1 Å². The second-order valence-electron chi connectivity index (χ2n) is 5.85. The van der Waals surface area contributed by atoms with Crippen molar-refractivity contribution >= 4 is 17.9 Å². The summed E-state index contributed by atoms with van der Waals surface area (Å²) in [6, 6.07) is 11.5. The van der Waals surface area contributed by atoms with E-state index in [4.69, 9.17) is 9.47 Å². The molecule has 0 saturated carbocycles. The Labute approximate surface area is 138 Å². The fourth-order valence-electron chi connectivity index (χ4n) is 2.84. The molecule has 1 unspecified atom stereocenters. The van der Waals surface area contributed by atoms with Gasteiger partial charge in [-0.05, 0) is 54.5 Å². The first-order valence-corrected chi connectivity index (χ1v) is 7.66. The Bertz CT molecular complexity index is 901. The van der Waals surface area contributed by atoms with Gasteiger partial charge in [0.25, 0.3) is 0 Å². The second kappa shape index (κ2) is 5.60. The molecule has 2 aromatic rings. The lowest BCUT2D eigenvalue weighted by molar-refractivity contribution is -0.129. The number of ether oxygens (including phenoxy) is 2. The van der Waals surface area contributed by atoms with Gasteiger partial charge in [-0.2, -0.15) is 0 Å². The lowest BCUT2D eigenvalue weighted by Gasteiger charge is -2.02. The average Bonchev–Trinajstić information content (AvgIpc) is 3.09. The normalized spacial score (nSPS) is 20.6. The van der Waals surface area contributed by atoms with Crippen LogP contribution in [0.3, 0.4) is 0 Å². The first kappa shape index (κ1) is 14.6. The van der Waals surface area contributed by atoms with Crippen molar-refractivity contribution in [3.63, 3.8) is 0 Å². The number of cyclic esters (lactones) is 1. The van der Waals surface area contributed by atoms with Crippen LogP contribution < -0.4 is 4.74 Å². The molecule has 0 aliphatic carbocycles. The van der Waals surface area contributed by atoms with Crippen LogP contribution in [0.5, 0.6) is 5.75 Å². The summed E-state index contributed by atoms with van der Waals surface area (Å²) in [6.45, 7) is 2.02. The van der Waals surface area contributed by atoms with Gasteiger partial charge in [-0.25, -0.2) is 14.2 Å². The lowest BCUT2D eigenvalue weighted by atomic mass is 10.1. The first-order valence-electron chi connectivity index (χ1n) is 7.66. The maximum absolute atomic E-state index is 13.3. The van der Waals surface area contributed by atoms with Crippen LogP contribution in [0.2, 0.25) is 0 Å². The zero-order valence-corrected chi connectivity index (χ0v) is 13.0. The third-order valence-corrected chi connectivity index (χ3v) is 3.92. The number of halogens is 1. The van der Waals surface area contributed by atoms with E-state index < -0.39 is 11.8 Å². The number of hydrogen-bond acceptors (Lipinski definition) is 4. The highest BCUT2D eigenvalue weighted by Crippen LogP contribution is 2.30. The number of carbonyl (C=O) groups is 1. The van der Waals surface area contributed by atoms with Gasteiger partial charge < -0.3 is 9.47 Å². The highest BCUT2D eigenvalue weighted by molar-refractivity contribution is 6.12. The Morgan fingerprint density at radius 3 is 2.96 bits per heavy atom. The summed E-state index contributed by atoms with van der Waals surface area (Å²) in [4.78, 5) is 16.2. The number of hydrogen-bond donors (Lipinski definition) is 0. The van der Waals surface area contributed by atoms with Crippen molar-refractivity contribution in [2.45, 2.75) is 19.4 Å². The summed E-state index contributed by atoms with van der Waals surface area (Å²) in [5, 5.41) is 0. The maximum Gasteiger partial charge on any atom is 0.363 e. The van der Waals surface area contributed by atoms with Gasteiger partial charge in [-0.15, -0.1) is 0 Å². The largest absolute Gasteiger partial charge is 0.490 e. The van der Waals surface area contributed by atoms with Gasteiger partial charge in [0.15, 0.2) is 5.70 Å². The summed E-state index contributed by atoms with van der Waals surface area (Å²) in [7, 11) is 0. The molecule has 4 rings (SSSR count). The molecule has 0 bridgehead atoms. The monoisotopic (exact) mass is 323 g/mol. The van der Waals surface area contributed by atoms with Crippen LogP contribution in [0.1, 0.15) is 23.6 Å². The summed E-state index contributed by atoms with van der Waals surface area (Å²) in [6.07, 6.45) is 2.67. The Balaban J connectivity index is 1.65. The van der Waals surface area contributed by atoms with Crippen molar-refractivity contribution in [1.82, 2.24) is 0 Å². The summed E-state index contributed by atoms with van der Waals surface area (Å²) < 4.78 is 24.1. The third-order valence-electron chi connectivity index (χ3n) is 3.92. The summed E-state index contributed by atoms with van der Waals surface area (Å²) in [5.74, 6) is 0.0438. The molecule has 5 heteroatoms. The molecule has 2 aromatic carbocycles. The molecule has 0 fully saturated rings. The molecule has 2 aliphatic heterocycles. The molecular weight excluding hydrogens is 309 g/mol. The van der Waals surface area contributed by atoms with E-state index in [2.05, 4.69) is 4.99 Å². The average molecular weight is 323 g/mol. The second-order valence-corrected chi connectivity index (χ2v) is 5.85. The molecule has 24 heavy (non-hydrogen) atoms. The van der Waals surface area contributed by atoms with E-state index in [1.165, 1.54) is 12.1 Å². The molecule has 1 atom stereocenters. The minimum Gasteiger partial charge on any atom is -0.490 e.